The van der Waals surface area contributed by atoms with Gasteiger partial charge in [0.05, 0.1) is 47.2 Å². The molecule has 454 valence electrons. The second-order valence-corrected chi connectivity index (χ2v) is 29.4. The molecule has 1 aromatic rings. The third kappa shape index (κ3) is 3.25. The van der Waals surface area contributed by atoms with Crippen LogP contribution >= 0.6 is 0 Å². The van der Waals surface area contributed by atoms with E-state index < -0.39 is 250 Å². The van der Waals surface area contributed by atoms with Gasteiger partial charge in [-0.1, -0.05) is 12.2 Å². The number of Topliss-reactive ketones (excluding diaryl/α,β-unsaturated/α-hetero) is 1. The van der Waals surface area contributed by atoms with Gasteiger partial charge in [-0.15, -0.1) is 0 Å². The van der Waals surface area contributed by atoms with E-state index in [1.807, 2.05) is 0 Å². The number of aliphatic carboxylic acids is 6. The van der Waals surface area contributed by atoms with Crippen LogP contribution < -0.4 is 0 Å². The number of allylic oxidation sites excluding steroid dienone is 2. The molecule has 27 heteroatoms. The Hall–Kier alpha value is -7.96. The van der Waals surface area contributed by atoms with Gasteiger partial charge in [-0.05, 0) is 87.8 Å². The Bertz CT molecular complexity index is 4860. The SMILES string of the molecule is CC(=O)C1=C2C(C(=O)O)C3=CC(O)=CC4C(O)C5C6(C(=O)O)OC67C(C(=O)O)C6C(O)Cc8c(C(=O)O)cc9c%10c8[C@@]6(O)[C@@]68O[C@]6%11C6=C%12C(C2[C@]2(O[C@]342)[C@@]52O[C@]%122C78)[C@]23OC12C(O)=C(C(=O)O)C1=C3C62OC23C(=C2C9=C(C(=O)O)C=CC2[C@](C)(C(=O)O)O[C@@H]3C1)C%10%11. The van der Waals surface area contributed by atoms with Crippen molar-refractivity contribution in [1.82, 2.24) is 0 Å². The number of carboxylic acids is 7. The third-order valence-electron chi connectivity index (χ3n) is 28.2. The number of carbonyl (C=O) groups excluding carboxylic acids is 1. The lowest BCUT2D eigenvalue weighted by atomic mass is 9.24. The van der Waals surface area contributed by atoms with E-state index in [1.165, 1.54) is 19.1 Å². The first-order valence-corrected chi connectivity index (χ1v) is 29.8. The first kappa shape index (κ1) is 48.8. The van der Waals surface area contributed by atoms with E-state index in [1.54, 1.807) is 0 Å². The molecule has 27 nitrogen and oxygen atoms in total. The predicted molar refractivity (Wildman–Crippen MR) is 273 cm³/mol. The molecule has 0 radical (unpaired) electrons. The minimum Gasteiger partial charge on any atom is -0.508 e. The predicted octanol–water partition coefficient (Wildman–Crippen LogP) is -0.949. The summed E-state index contributed by atoms with van der Waals surface area (Å²) in [7, 11) is 0. The van der Waals surface area contributed by atoms with Gasteiger partial charge >= 0.3 is 41.8 Å². The number of epoxide rings is 6. The summed E-state index contributed by atoms with van der Waals surface area (Å²) in [6, 6.07) is 1.17. The Labute approximate surface area is 498 Å². The molecule has 7 heterocycles. The normalized spacial score (nSPS) is 57.4. The summed E-state index contributed by atoms with van der Waals surface area (Å²) in [6.45, 7) is 2.27. The summed E-state index contributed by atoms with van der Waals surface area (Å²) in [4.78, 5) is 119. The lowest BCUT2D eigenvalue weighted by Gasteiger charge is -2.71. The van der Waals surface area contributed by atoms with Crippen LogP contribution in [0.3, 0.4) is 0 Å². The fourth-order valence-corrected chi connectivity index (χ4v) is 27.2. The van der Waals surface area contributed by atoms with E-state index in [9.17, 15) is 80.1 Å². The van der Waals surface area contributed by atoms with Crippen molar-refractivity contribution in [3.05, 3.63) is 131 Å². The van der Waals surface area contributed by atoms with Gasteiger partial charge in [0.1, 0.15) is 73.4 Å². The van der Waals surface area contributed by atoms with Crippen molar-refractivity contribution in [2.45, 2.75) is 129 Å². The molecule has 16 aliphatic carbocycles. The molecule has 6 saturated heterocycles. The summed E-state index contributed by atoms with van der Waals surface area (Å²) in [5.74, 6) is -33.7. The Morgan fingerprint density at radius 2 is 1.44 bits per heavy atom. The van der Waals surface area contributed by atoms with Crippen molar-refractivity contribution < 1.29 is 133 Å². The van der Waals surface area contributed by atoms with Crippen LogP contribution in [0.1, 0.15) is 58.8 Å². The molecule has 0 bridgehead atoms. The van der Waals surface area contributed by atoms with E-state index in [0.717, 1.165) is 25.2 Å². The highest BCUT2D eigenvalue weighted by molar-refractivity contribution is 6.12. The average Bonchev–Trinajstić information content (AvgIpc) is 1.35. The van der Waals surface area contributed by atoms with Gasteiger partial charge in [0, 0.05) is 70.6 Å². The van der Waals surface area contributed by atoms with E-state index in [2.05, 4.69) is 0 Å². The molecule has 27 atom stereocenters. The first-order valence-electron chi connectivity index (χ1n) is 29.8. The monoisotopic (exact) mass is 1230 g/mol. The molecule has 1 aromatic carbocycles. The largest absolute Gasteiger partial charge is 0.508 e. The van der Waals surface area contributed by atoms with Crippen LogP contribution in [-0.4, -0.2) is 200 Å². The van der Waals surface area contributed by atoms with E-state index in [4.69, 9.17) is 33.2 Å². The van der Waals surface area contributed by atoms with Crippen LogP contribution in [0.25, 0.3) is 5.57 Å². The van der Waals surface area contributed by atoms with Crippen molar-refractivity contribution in [3.63, 3.8) is 0 Å². The number of ketones is 1. The molecular formula is C63H40O27. The smallest absolute Gasteiger partial charge is 0.339 e. The molecule has 6 saturated carbocycles. The van der Waals surface area contributed by atoms with Gasteiger partial charge in [-0.2, -0.15) is 0 Å². The standard InChI is InChI=1S/C63H40O27/c1-10(64)28-27-26(45(75)76)18-5-11(65)6-19-37(67)40-60(49(81)82)57(87-60)36(46(77)78)30-20(66)8-13-14(43(71)72)7-15-22-12(42(69)70)3-4-17-25(22)32-31-23(15)29(13)51(30,83)63-47(57)58-35-34(33(27)61(52(18,19)88-61)62(40,58)90-58)54-38-16(24(44(73)74)41(68)56(28,54)86-54)9-21(84-50(17,2)48(79)80)53(32)59(38,85-53)39(35)55(31,63)89-63/h3-7,17,19-21,26,30-31,33-34,36-37,40,47,65-68,83H,8-9H2,1-2H3,(H,69,70)(H,71,72)(H,73,74)(H,75,76)(H,77,78)(H,79,80)(H,81,82)/t17?,19?,20?,21-,26?,30?,31?,33?,34?,36?,37?,40?,47?,50-,51+,52-,53?,54-,55-,56?,57?,58+,59?,60?,61-,62-,63-/m1/s1. The van der Waals surface area contributed by atoms with Crippen molar-refractivity contribution in [2.75, 3.05) is 0 Å². The topological polar surface area (TPSA) is 464 Å². The zero-order valence-corrected chi connectivity index (χ0v) is 45.8. The van der Waals surface area contributed by atoms with Crippen molar-refractivity contribution in [1.29, 1.82) is 0 Å². The number of carboxylic acid groups (broad SMARTS) is 7. The molecule has 0 aromatic heterocycles. The molecule has 7 aliphatic heterocycles. The number of hydrogen-bond acceptors (Lipinski definition) is 20. The molecule has 12 N–H and O–H groups in total. The van der Waals surface area contributed by atoms with Gasteiger partial charge < -0.3 is 94.4 Å². The number of carbonyl (C=O) groups is 8. The number of fused-ring (bicyclic) bond motifs is 2. The zero-order chi connectivity index (χ0) is 62.0. The van der Waals surface area contributed by atoms with Crippen molar-refractivity contribution >= 4 is 53.1 Å². The summed E-state index contributed by atoms with van der Waals surface area (Å²) in [5, 5.41) is 151. The second-order valence-electron chi connectivity index (χ2n) is 29.4. The van der Waals surface area contributed by atoms with Crippen LogP contribution in [0.5, 0.6) is 0 Å². The van der Waals surface area contributed by atoms with Gasteiger partial charge in [0.15, 0.2) is 28.2 Å². The van der Waals surface area contributed by atoms with E-state index in [-0.39, 0.29) is 72.4 Å². The maximum atomic E-state index is 15.5. The summed E-state index contributed by atoms with van der Waals surface area (Å²) >= 11 is 0. The molecule has 90 heavy (non-hydrogen) atoms. The number of aliphatic hydroxyl groups is 5. The van der Waals surface area contributed by atoms with Gasteiger partial charge in [0.2, 0.25) is 5.60 Å². The minimum absolute atomic E-state index is 0.00299. The van der Waals surface area contributed by atoms with E-state index >= 15 is 19.5 Å². The van der Waals surface area contributed by atoms with E-state index in [0.29, 0.717) is 0 Å². The zero-order valence-electron chi connectivity index (χ0n) is 45.8. The summed E-state index contributed by atoms with van der Waals surface area (Å²) in [6.07, 6.45) is -2.73. The number of hydrogen-bond donors (Lipinski definition) is 12. The highest BCUT2D eigenvalue weighted by Crippen LogP contribution is 3.06. The number of aliphatic hydroxyl groups excluding tert-OH is 4. The summed E-state index contributed by atoms with van der Waals surface area (Å²) < 4.78 is 52.8. The highest BCUT2D eigenvalue weighted by atomic mass is 16.8. The number of rotatable bonds is 8. The van der Waals surface area contributed by atoms with Crippen LogP contribution in [0, 0.1) is 53.3 Å². The maximum absolute atomic E-state index is 15.5. The number of ether oxygens (including phenoxy) is 7. The van der Waals surface area contributed by atoms with Crippen molar-refractivity contribution in [2.24, 2.45) is 53.3 Å². The quantitative estimate of drug-likeness (QED) is 0.110. The van der Waals surface area contributed by atoms with Crippen molar-refractivity contribution in [3.8, 4) is 0 Å². The van der Waals surface area contributed by atoms with Crippen LogP contribution in [0.4, 0.5) is 0 Å². The van der Waals surface area contributed by atoms with Crippen LogP contribution in [-0.2, 0) is 78.7 Å². The van der Waals surface area contributed by atoms with Gasteiger partial charge in [-0.25, -0.2) is 24.0 Å². The Morgan fingerprint density at radius 3 is 2.11 bits per heavy atom. The Kier molecular flexibility index (Phi) is 6.39. The molecule has 24 rings (SSSR count). The lowest BCUT2D eigenvalue weighted by molar-refractivity contribution is -0.242. The van der Waals surface area contributed by atoms with Crippen LogP contribution in [0.15, 0.2) is 103 Å². The fourth-order valence-electron chi connectivity index (χ4n) is 27.2. The second kappa shape index (κ2) is 11.8. The molecule has 17 unspecified atom stereocenters. The highest BCUT2D eigenvalue weighted by Gasteiger charge is 3.22. The molecule has 10 spiro atoms. The van der Waals surface area contributed by atoms with Gasteiger partial charge in [0.25, 0.3) is 0 Å². The number of benzene rings is 1. The lowest BCUT2D eigenvalue weighted by Crippen LogP contribution is -2.88. The molecule has 0 amide bonds. The van der Waals surface area contributed by atoms with Gasteiger partial charge in [-0.3, -0.25) is 14.4 Å². The minimum atomic E-state index is -3.10. The third-order valence-corrected chi connectivity index (χ3v) is 28.2. The van der Waals surface area contributed by atoms with Crippen LogP contribution in [0.2, 0.25) is 0 Å². The Morgan fingerprint density at radius 1 is 0.722 bits per heavy atom. The molecule has 23 aliphatic rings. The maximum Gasteiger partial charge on any atom is 0.339 e. The summed E-state index contributed by atoms with van der Waals surface area (Å²) in [5.41, 5.74) is -40.4. The fraction of sp³-hybridized carbons (Fsp3) is 0.492. The average molecular weight is 1230 g/mol. The first-order chi connectivity index (χ1) is 42.5. The molecule has 12 fully saturated rings. The molecular weight excluding hydrogens is 1190 g/mol. The Balaban J connectivity index is 0.987. The number of aromatic carboxylic acids is 1.